The highest BCUT2D eigenvalue weighted by molar-refractivity contribution is 6.39. The van der Waals surface area contributed by atoms with Crippen LogP contribution in [0.2, 0.25) is 10.0 Å². The SMILES string of the molecule is CNC(=O)CNCc1ncc(-c2cccc(-c3cccc(-c4cnc(CNCC5CCC(=O)N5)c(OC)n4)c3Cl)c2Cl)nc1OC. The van der Waals surface area contributed by atoms with Gasteiger partial charge in [0.25, 0.3) is 0 Å². The molecule has 0 aliphatic carbocycles. The number of ether oxygens (including phenoxy) is 2. The van der Waals surface area contributed by atoms with Crippen LogP contribution in [0.25, 0.3) is 33.6 Å². The van der Waals surface area contributed by atoms with E-state index in [0.29, 0.717) is 92.9 Å². The van der Waals surface area contributed by atoms with Crippen LogP contribution < -0.4 is 30.7 Å². The lowest BCUT2D eigenvalue weighted by atomic mass is 9.98. The number of nitrogens with one attached hydrogen (secondary N) is 4. The summed E-state index contributed by atoms with van der Waals surface area (Å²) in [5, 5.41) is 12.7. The summed E-state index contributed by atoms with van der Waals surface area (Å²) in [4.78, 5) is 41.5. The van der Waals surface area contributed by atoms with Crippen molar-refractivity contribution >= 4 is 35.0 Å². The zero-order valence-electron chi connectivity index (χ0n) is 25.6. The fraction of sp³-hybridized carbons (Fsp3) is 0.312. The molecule has 1 atom stereocenters. The van der Waals surface area contributed by atoms with Crippen LogP contribution in [0.3, 0.4) is 0 Å². The Balaban J connectivity index is 1.38. The first-order valence-electron chi connectivity index (χ1n) is 14.6. The van der Waals surface area contributed by atoms with Crippen molar-refractivity contribution in [2.75, 3.05) is 34.4 Å². The maximum atomic E-state index is 11.5. The second-order valence-corrected chi connectivity index (χ2v) is 11.2. The predicted octanol–water partition coefficient (Wildman–Crippen LogP) is 3.80. The Morgan fingerprint density at radius 2 is 1.39 bits per heavy atom. The largest absolute Gasteiger partial charge is 0.480 e. The summed E-state index contributed by atoms with van der Waals surface area (Å²) in [5.74, 6) is 0.633. The monoisotopic (exact) mass is 664 g/mol. The minimum absolute atomic E-state index is 0.0771. The molecule has 1 aliphatic rings. The minimum Gasteiger partial charge on any atom is -0.480 e. The van der Waals surface area contributed by atoms with Crippen molar-refractivity contribution in [3.8, 4) is 45.4 Å². The van der Waals surface area contributed by atoms with Crippen molar-refractivity contribution in [3.63, 3.8) is 0 Å². The van der Waals surface area contributed by atoms with Crippen molar-refractivity contribution in [1.29, 1.82) is 0 Å². The number of nitrogens with zero attached hydrogens (tertiary/aromatic N) is 4. The summed E-state index contributed by atoms with van der Waals surface area (Å²) in [6.45, 7) is 1.50. The van der Waals surface area contributed by atoms with E-state index < -0.39 is 0 Å². The first-order valence-corrected chi connectivity index (χ1v) is 15.4. The van der Waals surface area contributed by atoms with Crippen LogP contribution in [0, 0.1) is 0 Å². The number of benzene rings is 2. The Kier molecular flexibility index (Phi) is 11.0. The van der Waals surface area contributed by atoms with Crippen LogP contribution in [-0.2, 0) is 22.7 Å². The van der Waals surface area contributed by atoms with E-state index in [0.717, 1.165) is 6.42 Å². The second kappa shape index (κ2) is 15.3. The number of hydrogen-bond acceptors (Lipinski definition) is 10. The van der Waals surface area contributed by atoms with Gasteiger partial charge in [0.15, 0.2) is 0 Å². The molecule has 5 rings (SSSR count). The fourth-order valence-corrected chi connectivity index (χ4v) is 5.73. The fourth-order valence-electron chi connectivity index (χ4n) is 5.08. The number of carbonyl (C=O) groups is 2. The Morgan fingerprint density at radius 3 is 1.87 bits per heavy atom. The summed E-state index contributed by atoms with van der Waals surface area (Å²) in [6.07, 6.45) is 4.63. The molecule has 1 fully saturated rings. The van der Waals surface area contributed by atoms with Gasteiger partial charge in [0.1, 0.15) is 11.4 Å². The zero-order valence-corrected chi connectivity index (χ0v) is 27.1. The van der Waals surface area contributed by atoms with Gasteiger partial charge in [-0.15, -0.1) is 0 Å². The van der Waals surface area contributed by atoms with Gasteiger partial charge < -0.3 is 30.7 Å². The van der Waals surface area contributed by atoms with Crippen LogP contribution in [0.15, 0.2) is 48.8 Å². The van der Waals surface area contributed by atoms with Gasteiger partial charge in [-0.25, -0.2) is 9.97 Å². The van der Waals surface area contributed by atoms with E-state index in [-0.39, 0.29) is 24.4 Å². The van der Waals surface area contributed by atoms with Gasteiger partial charge in [-0.1, -0.05) is 59.6 Å². The van der Waals surface area contributed by atoms with Crippen molar-refractivity contribution in [2.45, 2.75) is 32.0 Å². The topological polar surface area (TPSA) is 152 Å². The number of likely N-dealkylation sites (N-methyl/N-ethyl adjacent to an activating group) is 1. The molecule has 3 heterocycles. The number of halogens is 2. The second-order valence-electron chi connectivity index (χ2n) is 10.5. The number of rotatable bonds is 13. The Bertz CT molecular complexity index is 1740. The molecule has 12 nitrogen and oxygen atoms in total. The van der Waals surface area contributed by atoms with Gasteiger partial charge in [-0.05, 0) is 6.42 Å². The number of methoxy groups -OCH3 is 2. The average molecular weight is 666 g/mol. The summed E-state index contributed by atoms with van der Waals surface area (Å²) < 4.78 is 11.0. The molecule has 1 aliphatic heterocycles. The van der Waals surface area contributed by atoms with Crippen molar-refractivity contribution in [3.05, 3.63) is 70.2 Å². The number of amides is 2. The van der Waals surface area contributed by atoms with Gasteiger partial charge in [0.05, 0.1) is 54.6 Å². The normalized spacial score (nSPS) is 14.2. The van der Waals surface area contributed by atoms with Crippen LogP contribution in [0.5, 0.6) is 11.8 Å². The Hall–Kier alpha value is -4.36. The predicted molar refractivity (Wildman–Crippen MR) is 176 cm³/mol. The average Bonchev–Trinajstić information content (AvgIpc) is 3.49. The third-order valence-electron chi connectivity index (χ3n) is 7.47. The van der Waals surface area contributed by atoms with E-state index in [4.69, 9.17) is 37.7 Å². The standard InChI is InChI=1S/C32H34Cl2N8O4/c1-35-28(44)17-37-14-26-32(46-3)42-24(16-39-26)22-9-5-7-20(30(22)34)19-6-4-8-21(29(19)33)23-15-38-25(31(41-23)45-2)13-36-12-18-10-11-27(43)40-18/h4-9,15-16,18,36-37H,10-14,17H2,1-3H3,(H,35,44)(H,40,43). The van der Waals surface area contributed by atoms with Crippen molar-refractivity contribution < 1.29 is 19.1 Å². The lowest BCUT2D eigenvalue weighted by molar-refractivity contribution is -0.120. The first-order chi connectivity index (χ1) is 22.3. The Morgan fingerprint density at radius 1 is 0.870 bits per heavy atom. The van der Waals surface area contributed by atoms with E-state index in [1.165, 1.54) is 7.11 Å². The molecule has 0 spiro atoms. The highest BCUT2D eigenvalue weighted by Gasteiger charge is 2.21. The van der Waals surface area contributed by atoms with Crippen LogP contribution in [-0.4, -0.2) is 72.1 Å². The number of aromatic nitrogens is 4. The molecule has 46 heavy (non-hydrogen) atoms. The van der Waals surface area contributed by atoms with E-state index in [1.54, 1.807) is 26.6 Å². The smallest absolute Gasteiger partial charge is 0.237 e. The molecule has 2 aromatic carbocycles. The van der Waals surface area contributed by atoms with Crippen LogP contribution in [0.4, 0.5) is 0 Å². The molecular weight excluding hydrogens is 631 g/mol. The van der Waals surface area contributed by atoms with Gasteiger partial charge >= 0.3 is 0 Å². The maximum Gasteiger partial charge on any atom is 0.237 e. The molecule has 14 heteroatoms. The molecule has 4 N–H and O–H groups in total. The molecule has 4 aromatic rings. The zero-order chi connectivity index (χ0) is 32.6. The molecule has 0 bridgehead atoms. The molecule has 0 radical (unpaired) electrons. The van der Waals surface area contributed by atoms with Gasteiger partial charge in [0, 0.05) is 61.4 Å². The molecule has 240 valence electrons. The third-order valence-corrected chi connectivity index (χ3v) is 8.29. The lowest BCUT2D eigenvalue weighted by Gasteiger charge is -2.15. The molecule has 0 saturated carbocycles. The summed E-state index contributed by atoms with van der Waals surface area (Å²) in [5.41, 5.74) is 4.96. The molecule has 2 aromatic heterocycles. The van der Waals surface area contributed by atoms with Crippen molar-refractivity contribution in [2.24, 2.45) is 0 Å². The lowest BCUT2D eigenvalue weighted by Crippen LogP contribution is -2.35. The van der Waals surface area contributed by atoms with E-state index in [2.05, 4.69) is 36.2 Å². The third kappa shape index (κ3) is 7.53. The van der Waals surface area contributed by atoms with E-state index in [1.807, 2.05) is 36.4 Å². The number of carbonyl (C=O) groups excluding carboxylic acids is 2. The van der Waals surface area contributed by atoms with Gasteiger partial charge in [-0.2, -0.15) is 0 Å². The first kappa shape index (κ1) is 33.0. The van der Waals surface area contributed by atoms with Crippen LogP contribution in [0.1, 0.15) is 24.2 Å². The Labute approximate surface area is 276 Å². The van der Waals surface area contributed by atoms with Crippen molar-refractivity contribution in [1.82, 2.24) is 41.2 Å². The molecule has 2 amide bonds. The van der Waals surface area contributed by atoms with Crippen LogP contribution >= 0.6 is 23.2 Å². The molecular formula is C32H34Cl2N8O4. The summed E-state index contributed by atoms with van der Waals surface area (Å²) in [7, 11) is 4.63. The number of hydrogen-bond donors (Lipinski definition) is 4. The highest BCUT2D eigenvalue weighted by Crippen LogP contribution is 2.42. The van der Waals surface area contributed by atoms with E-state index >= 15 is 0 Å². The summed E-state index contributed by atoms with van der Waals surface area (Å²) >= 11 is 14.0. The van der Waals surface area contributed by atoms with Gasteiger partial charge in [-0.3, -0.25) is 19.6 Å². The maximum absolute atomic E-state index is 11.5. The minimum atomic E-state index is -0.140. The highest BCUT2D eigenvalue weighted by atomic mass is 35.5. The quantitative estimate of drug-likeness (QED) is 0.166. The molecule has 1 unspecified atom stereocenters. The molecule has 1 saturated heterocycles. The van der Waals surface area contributed by atoms with E-state index in [9.17, 15) is 9.59 Å². The van der Waals surface area contributed by atoms with Gasteiger partial charge in [0.2, 0.25) is 23.6 Å². The summed E-state index contributed by atoms with van der Waals surface area (Å²) in [6, 6.07) is 11.3.